The summed E-state index contributed by atoms with van der Waals surface area (Å²) in [5, 5.41) is 11.4. The normalized spacial score (nSPS) is 11.9. The molecule has 3 N–H and O–H groups in total. The highest BCUT2D eigenvalue weighted by Crippen LogP contribution is 2.33. The number of nitrogens with zero attached hydrogens (tertiary/aromatic N) is 1. The van der Waals surface area contributed by atoms with Crippen LogP contribution in [0, 0.1) is 0 Å². The van der Waals surface area contributed by atoms with Gasteiger partial charge in [-0.05, 0) is 78.7 Å². The van der Waals surface area contributed by atoms with Gasteiger partial charge < -0.3 is 16.0 Å². The van der Waals surface area contributed by atoms with E-state index in [4.69, 9.17) is 23.2 Å². The van der Waals surface area contributed by atoms with Crippen molar-refractivity contribution < 1.29 is 14.4 Å². The number of hydrogen-bond donors (Lipinski definition) is 3. The Labute approximate surface area is 298 Å². The monoisotopic (exact) mass is 764 g/mol. The Morgan fingerprint density at radius 1 is 0.936 bits per heavy atom. The molecule has 0 spiro atoms. The van der Waals surface area contributed by atoms with E-state index in [-0.39, 0.29) is 11.6 Å². The predicted molar refractivity (Wildman–Crippen MR) is 197 cm³/mol. The second kappa shape index (κ2) is 16.3. The zero-order chi connectivity index (χ0) is 33.3. The lowest BCUT2D eigenvalue weighted by molar-refractivity contribution is -0.116. The molecule has 1 unspecified atom stereocenters. The number of amides is 3. The van der Waals surface area contributed by atoms with Gasteiger partial charge in [0.25, 0.3) is 11.8 Å². The second-order valence-corrected chi connectivity index (χ2v) is 14.0. The van der Waals surface area contributed by atoms with E-state index in [2.05, 4.69) is 36.9 Å². The van der Waals surface area contributed by atoms with Crippen LogP contribution in [-0.2, 0) is 9.59 Å². The summed E-state index contributed by atoms with van der Waals surface area (Å²) in [7, 11) is 0. The van der Waals surface area contributed by atoms with Gasteiger partial charge in [-0.15, -0.1) is 23.1 Å². The number of benzene rings is 4. The van der Waals surface area contributed by atoms with E-state index in [9.17, 15) is 14.4 Å². The summed E-state index contributed by atoms with van der Waals surface area (Å²) < 4.78 is 0.834. The molecule has 3 amide bonds. The summed E-state index contributed by atoms with van der Waals surface area (Å²) in [4.78, 5) is 45.1. The zero-order valence-corrected chi connectivity index (χ0v) is 29.5. The Kier molecular flexibility index (Phi) is 11.9. The summed E-state index contributed by atoms with van der Waals surface area (Å²) >= 11 is 18.5. The molecule has 5 aromatic rings. The molecular formula is C35H27BrCl2N4O3S2. The quantitative estimate of drug-likeness (QED) is 0.0919. The Hall–Kier alpha value is -3.93. The minimum absolute atomic E-state index is 0.0727. The Balaban J connectivity index is 1.28. The number of carbonyl (C=O) groups excluding carboxylic acids is 3. The summed E-state index contributed by atoms with van der Waals surface area (Å²) in [6.45, 7) is 1.93. The highest BCUT2D eigenvalue weighted by Gasteiger charge is 2.21. The van der Waals surface area contributed by atoms with Gasteiger partial charge in [-0.1, -0.05) is 82.5 Å². The molecule has 5 rings (SSSR count). The molecule has 4 aromatic carbocycles. The molecule has 0 saturated carbocycles. The summed E-state index contributed by atoms with van der Waals surface area (Å²) in [5.74, 6) is -1.11. The predicted octanol–water partition coefficient (Wildman–Crippen LogP) is 9.80. The van der Waals surface area contributed by atoms with Gasteiger partial charge in [-0.3, -0.25) is 14.4 Å². The fourth-order valence-corrected chi connectivity index (χ4v) is 7.02. The highest BCUT2D eigenvalue weighted by atomic mass is 79.9. The van der Waals surface area contributed by atoms with Crippen LogP contribution in [0.1, 0.15) is 29.3 Å². The number of halogens is 3. The molecule has 1 aromatic heterocycles. The first-order chi connectivity index (χ1) is 22.7. The lowest BCUT2D eigenvalue weighted by atomic mass is 10.1. The van der Waals surface area contributed by atoms with Crippen LogP contribution in [0.4, 0.5) is 10.8 Å². The molecule has 0 fully saturated rings. The SMILES string of the molecule is CCC(Sc1cccc(NC(=O)/C(=C\c2cccc(Br)c2)NC(=O)c2ccccc2)c1)C(=O)Nc1nc(-c2ccc(Cl)cc2Cl)cs1. The van der Waals surface area contributed by atoms with Crippen molar-refractivity contribution in [3.05, 3.63) is 134 Å². The van der Waals surface area contributed by atoms with Crippen molar-refractivity contribution in [3.63, 3.8) is 0 Å². The van der Waals surface area contributed by atoms with Crippen molar-refractivity contribution in [2.24, 2.45) is 0 Å². The second-order valence-electron chi connectivity index (χ2n) is 10.1. The Bertz CT molecular complexity index is 1950. The lowest BCUT2D eigenvalue weighted by Gasteiger charge is -2.15. The maximum Gasteiger partial charge on any atom is 0.272 e. The molecule has 0 aliphatic heterocycles. The molecule has 7 nitrogen and oxygen atoms in total. The molecule has 0 saturated heterocycles. The average molecular weight is 767 g/mol. The number of anilines is 2. The van der Waals surface area contributed by atoms with Gasteiger partial charge in [-0.2, -0.15) is 0 Å². The van der Waals surface area contributed by atoms with Gasteiger partial charge in [0, 0.05) is 36.6 Å². The van der Waals surface area contributed by atoms with Gasteiger partial charge >= 0.3 is 0 Å². The minimum atomic E-state index is -0.499. The Morgan fingerprint density at radius 3 is 2.47 bits per heavy atom. The number of aromatic nitrogens is 1. The van der Waals surface area contributed by atoms with Crippen molar-refractivity contribution >= 4 is 96.8 Å². The van der Waals surface area contributed by atoms with Crippen molar-refractivity contribution in [1.29, 1.82) is 0 Å². The Morgan fingerprint density at radius 2 is 1.72 bits per heavy atom. The van der Waals surface area contributed by atoms with Gasteiger partial charge in [0.15, 0.2) is 5.13 Å². The van der Waals surface area contributed by atoms with Crippen LogP contribution in [-0.4, -0.2) is 28.0 Å². The van der Waals surface area contributed by atoms with Crippen molar-refractivity contribution in [3.8, 4) is 11.3 Å². The van der Waals surface area contributed by atoms with Crippen LogP contribution >= 0.6 is 62.2 Å². The fourth-order valence-electron chi connectivity index (χ4n) is 4.38. The molecular weight excluding hydrogens is 739 g/mol. The van der Waals surface area contributed by atoms with Crippen LogP contribution < -0.4 is 16.0 Å². The van der Waals surface area contributed by atoms with Crippen LogP contribution in [0.5, 0.6) is 0 Å². The minimum Gasteiger partial charge on any atom is -0.321 e. The van der Waals surface area contributed by atoms with E-state index in [1.54, 1.807) is 66.7 Å². The maximum absolute atomic E-state index is 13.5. The first kappa shape index (κ1) is 34.4. The van der Waals surface area contributed by atoms with E-state index in [0.29, 0.717) is 38.5 Å². The molecule has 238 valence electrons. The van der Waals surface area contributed by atoms with E-state index in [0.717, 1.165) is 20.5 Å². The van der Waals surface area contributed by atoms with Crippen LogP contribution in [0.3, 0.4) is 0 Å². The third kappa shape index (κ3) is 9.56. The maximum atomic E-state index is 13.5. The third-order valence-electron chi connectivity index (χ3n) is 6.66. The first-order valence-electron chi connectivity index (χ1n) is 14.3. The van der Waals surface area contributed by atoms with Crippen LogP contribution in [0.25, 0.3) is 17.3 Å². The molecule has 12 heteroatoms. The summed E-state index contributed by atoms with van der Waals surface area (Å²) in [5.41, 5.74) is 3.09. The van der Waals surface area contributed by atoms with E-state index in [1.165, 1.54) is 23.1 Å². The van der Waals surface area contributed by atoms with Crippen molar-refractivity contribution in [2.45, 2.75) is 23.5 Å². The van der Waals surface area contributed by atoms with Gasteiger partial charge in [0.05, 0.1) is 16.0 Å². The third-order valence-corrected chi connectivity index (χ3v) is 9.82. The zero-order valence-electron chi connectivity index (χ0n) is 24.8. The fraction of sp³-hybridized carbons (Fsp3) is 0.0857. The number of thioether (sulfide) groups is 1. The molecule has 1 atom stereocenters. The first-order valence-corrected chi connectivity index (χ1v) is 17.6. The number of carbonyl (C=O) groups is 3. The number of thiazole rings is 1. The number of nitrogens with one attached hydrogen (secondary N) is 3. The van der Waals surface area contributed by atoms with Gasteiger partial charge in [0.2, 0.25) is 5.91 Å². The molecule has 47 heavy (non-hydrogen) atoms. The summed E-state index contributed by atoms with van der Waals surface area (Å²) in [6, 6.07) is 28.4. The number of rotatable bonds is 11. The van der Waals surface area contributed by atoms with Gasteiger partial charge in [-0.25, -0.2) is 4.98 Å². The molecule has 0 radical (unpaired) electrons. The number of hydrogen-bond acceptors (Lipinski definition) is 6. The smallest absolute Gasteiger partial charge is 0.272 e. The van der Waals surface area contributed by atoms with E-state index < -0.39 is 17.1 Å². The highest BCUT2D eigenvalue weighted by molar-refractivity contribution is 9.10. The molecule has 0 aliphatic carbocycles. The van der Waals surface area contributed by atoms with Crippen LogP contribution in [0.2, 0.25) is 10.0 Å². The average Bonchev–Trinajstić information content (AvgIpc) is 3.51. The van der Waals surface area contributed by atoms with E-state index >= 15 is 0 Å². The molecule has 0 bridgehead atoms. The topological polar surface area (TPSA) is 100 Å². The van der Waals surface area contributed by atoms with Crippen molar-refractivity contribution in [1.82, 2.24) is 10.3 Å². The largest absolute Gasteiger partial charge is 0.321 e. The molecule has 1 heterocycles. The standard InChI is InChI=1S/C35H27BrCl2N4O3S2/c1-2-31(34(45)42-35-41-30(20-46-35)27-15-14-24(37)18-28(27)38)47-26-13-7-12-25(19-26)39-33(44)29(17-21-8-6-11-23(36)16-21)40-32(43)22-9-4-3-5-10-22/h3-20,31H,2H2,1H3,(H,39,44)(H,40,43)(H,41,42,45)/b29-17+. The van der Waals surface area contributed by atoms with Crippen LogP contribution in [0.15, 0.2) is 118 Å². The molecule has 0 aliphatic rings. The summed E-state index contributed by atoms with van der Waals surface area (Å²) in [6.07, 6.45) is 2.17. The lowest BCUT2D eigenvalue weighted by Crippen LogP contribution is -2.30. The van der Waals surface area contributed by atoms with Crippen molar-refractivity contribution in [2.75, 3.05) is 10.6 Å². The van der Waals surface area contributed by atoms with E-state index in [1.807, 2.05) is 48.7 Å². The van der Waals surface area contributed by atoms with Gasteiger partial charge in [0.1, 0.15) is 5.70 Å².